The highest BCUT2D eigenvalue weighted by molar-refractivity contribution is 8.00. The van der Waals surface area contributed by atoms with E-state index in [9.17, 15) is 23.2 Å². The quantitative estimate of drug-likeness (QED) is 0.613. The van der Waals surface area contributed by atoms with Gasteiger partial charge in [-0.25, -0.2) is 4.98 Å². The van der Waals surface area contributed by atoms with Crippen LogP contribution in [0, 0.1) is 18.3 Å². The molecule has 28 heavy (non-hydrogen) atoms. The number of aryl methyl sites for hydroxylation is 1. The molecule has 8 heteroatoms. The van der Waals surface area contributed by atoms with Crippen LogP contribution in [0.25, 0.3) is 10.9 Å². The van der Waals surface area contributed by atoms with Crippen LogP contribution in [0.3, 0.4) is 0 Å². The SMILES string of the molecule is Cc1cccc2cc(C#N)c(SCC(=O)Nc3cccc(C(F)(F)F)c3)nc12. The molecule has 2 aromatic carbocycles. The molecule has 0 aliphatic rings. The van der Waals surface area contributed by atoms with Crippen molar-refractivity contribution in [1.29, 1.82) is 5.26 Å². The second-order valence-electron chi connectivity index (χ2n) is 6.01. The standard InChI is InChI=1S/C20H14F3N3OS/c1-12-4-2-5-13-8-14(10-24)19(26-18(12)13)28-11-17(27)25-16-7-3-6-15(9-16)20(21,22)23/h2-9H,11H2,1H3,(H,25,27). The number of nitriles is 1. The van der Waals surface area contributed by atoms with Crippen LogP contribution in [-0.2, 0) is 11.0 Å². The largest absolute Gasteiger partial charge is 0.416 e. The number of anilines is 1. The van der Waals surface area contributed by atoms with Gasteiger partial charge in [-0.3, -0.25) is 4.79 Å². The number of aromatic nitrogens is 1. The molecule has 142 valence electrons. The first-order valence-electron chi connectivity index (χ1n) is 8.18. The second-order valence-corrected chi connectivity index (χ2v) is 6.98. The fraction of sp³-hybridized carbons (Fsp3) is 0.150. The van der Waals surface area contributed by atoms with Gasteiger partial charge in [0.25, 0.3) is 0 Å². The van der Waals surface area contributed by atoms with Gasteiger partial charge in [-0.2, -0.15) is 18.4 Å². The molecule has 0 atom stereocenters. The summed E-state index contributed by atoms with van der Waals surface area (Å²) in [5.41, 5.74) is 1.24. The van der Waals surface area contributed by atoms with Gasteiger partial charge < -0.3 is 5.32 Å². The van der Waals surface area contributed by atoms with Crippen LogP contribution in [0.4, 0.5) is 18.9 Å². The first-order chi connectivity index (χ1) is 13.3. The molecule has 0 bridgehead atoms. The zero-order valence-electron chi connectivity index (χ0n) is 14.7. The van der Waals surface area contributed by atoms with Gasteiger partial charge >= 0.3 is 6.18 Å². The third-order valence-corrected chi connectivity index (χ3v) is 4.94. The van der Waals surface area contributed by atoms with Crippen molar-refractivity contribution in [2.24, 2.45) is 0 Å². The van der Waals surface area contributed by atoms with Crippen LogP contribution in [-0.4, -0.2) is 16.6 Å². The molecule has 0 unspecified atom stereocenters. The normalized spacial score (nSPS) is 11.2. The second kappa shape index (κ2) is 7.90. The number of nitrogens with zero attached hydrogens (tertiary/aromatic N) is 2. The first kappa shape index (κ1) is 19.7. The summed E-state index contributed by atoms with van der Waals surface area (Å²) in [6.45, 7) is 1.90. The van der Waals surface area contributed by atoms with E-state index in [1.807, 2.05) is 25.1 Å². The summed E-state index contributed by atoms with van der Waals surface area (Å²) in [5, 5.41) is 13.0. The van der Waals surface area contributed by atoms with Crippen LogP contribution in [0.5, 0.6) is 0 Å². The zero-order chi connectivity index (χ0) is 20.3. The molecule has 3 rings (SSSR count). The van der Waals surface area contributed by atoms with Crippen molar-refractivity contribution in [3.8, 4) is 6.07 Å². The molecule has 4 nitrogen and oxygen atoms in total. The van der Waals surface area contributed by atoms with Gasteiger partial charge in [-0.05, 0) is 36.8 Å². The number of carbonyl (C=O) groups is 1. The van der Waals surface area contributed by atoms with Gasteiger partial charge in [0.1, 0.15) is 11.1 Å². The van der Waals surface area contributed by atoms with Crippen LogP contribution < -0.4 is 5.32 Å². The van der Waals surface area contributed by atoms with E-state index in [0.29, 0.717) is 10.6 Å². The molecular formula is C20H14F3N3OS. The minimum Gasteiger partial charge on any atom is -0.325 e. The Bertz CT molecular complexity index is 1090. The van der Waals surface area contributed by atoms with E-state index in [-0.39, 0.29) is 11.4 Å². The highest BCUT2D eigenvalue weighted by Gasteiger charge is 2.30. The predicted molar refractivity (Wildman–Crippen MR) is 102 cm³/mol. The number of rotatable bonds is 4. The van der Waals surface area contributed by atoms with E-state index < -0.39 is 17.6 Å². The van der Waals surface area contributed by atoms with Crippen molar-refractivity contribution in [3.05, 3.63) is 65.2 Å². The number of amides is 1. The average Bonchev–Trinajstić information content (AvgIpc) is 2.65. The first-order valence-corrected chi connectivity index (χ1v) is 9.17. The molecule has 0 aliphatic carbocycles. The predicted octanol–water partition coefficient (Wildman–Crippen LogP) is 5.16. The number of hydrogen-bond donors (Lipinski definition) is 1. The Morgan fingerprint density at radius 3 is 2.68 bits per heavy atom. The third-order valence-electron chi connectivity index (χ3n) is 3.95. The summed E-state index contributed by atoms with van der Waals surface area (Å²) in [7, 11) is 0. The fourth-order valence-electron chi connectivity index (χ4n) is 2.62. The monoisotopic (exact) mass is 401 g/mol. The number of pyridine rings is 1. The molecule has 0 saturated heterocycles. The lowest BCUT2D eigenvalue weighted by molar-refractivity contribution is -0.137. The van der Waals surface area contributed by atoms with E-state index in [1.165, 1.54) is 12.1 Å². The minimum atomic E-state index is -4.48. The topological polar surface area (TPSA) is 65.8 Å². The zero-order valence-corrected chi connectivity index (χ0v) is 15.5. The fourth-order valence-corrected chi connectivity index (χ4v) is 3.38. The van der Waals surface area contributed by atoms with Crippen molar-refractivity contribution in [2.75, 3.05) is 11.1 Å². The number of nitrogens with one attached hydrogen (secondary N) is 1. The van der Waals surface area contributed by atoms with Crippen LogP contribution >= 0.6 is 11.8 Å². The molecule has 0 saturated carbocycles. The maximum Gasteiger partial charge on any atom is 0.416 e. The molecule has 1 amide bonds. The third kappa shape index (κ3) is 4.43. The number of alkyl halides is 3. The molecule has 3 aromatic rings. The van der Waals surface area contributed by atoms with Gasteiger partial charge in [0.05, 0.1) is 22.4 Å². The lowest BCUT2D eigenvalue weighted by Gasteiger charge is -2.10. The highest BCUT2D eigenvalue weighted by Crippen LogP contribution is 2.31. The summed E-state index contributed by atoms with van der Waals surface area (Å²) < 4.78 is 38.3. The number of thioether (sulfide) groups is 1. The molecule has 1 aromatic heterocycles. The number of fused-ring (bicyclic) bond motifs is 1. The van der Waals surface area contributed by atoms with Gasteiger partial charge in [0, 0.05) is 11.1 Å². The number of hydrogen-bond acceptors (Lipinski definition) is 4. The molecular weight excluding hydrogens is 387 g/mol. The molecule has 0 radical (unpaired) electrons. The summed E-state index contributed by atoms with van der Waals surface area (Å²) in [6, 6.07) is 13.8. The van der Waals surface area contributed by atoms with Crippen molar-refractivity contribution >= 4 is 34.3 Å². The van der Waals surface area contributed by atoms with E-state index in [1.54, 1.807) is 6.07 Å². The van der Waals surface area contributed by atoms with Crippen molar-refractivity contribution in [2.45, 2.75) is 18.1 Å². The van der Waals surface area contributed by atoms with E-state index in [0.717, 1.165) is 40.4 Å². The Kier molecular flexibility index (Phi) is 5.56. The van der Waals surface area contributed by atoms with E-state index in [2.05, 4.69) is 16.4 Å². The summed E-state index contributed by atoms with van der Waals surface area (Å²) >= 11 is 1.06. The van der Waals surface area contributed by atoms with Gasteiger partial charge in [-0.1, -0.05) is 36.0 Å². The van der Waals surface area contributed by atoms with Gasteiger partial charge in [-0.15, -0.1) is 0 Å². The molecule has 0 spiro atoms. The van der Waals surface area contributed by atoms with Crippen LogP contribution in [0.15, 0.2) is 53.6 Å². The summed E-state index contributed by atoms with van der Waals surface area (Å²) in [6.07, 6.45) is -4.48. The molecule has 1 heterocycles. The highest BCUT2D eigenvalue weighted by atomic mass is 32.2. The van der Waals surface area contributed by atoms with Crippen molar-refractivity contribution in [3.63, 3.8) is 0 Å². The lowest BCUT2D eigenvalue weighted by atomic mass is 10.1. The van der Waals surface area contributed by atoms with E-state index in [4.69, 9.17) is 0 Å². The van der Waals surface area contributed by atoms with Crippen LogP contribution in [0.2, 0.25) is 0 Å². The Labute approximate surface area is 163 Å². The van der Waals surface area contributed by atoms with Gasteiger partial charge in [0.2, 0.25) is 5.91 Å². The lowest BCUT2D eigenvalue weighted by Crippen LogP contribution is -2.15. The maximum atomic E-state index is 12.8. The van der Waals surface area contributed by atoms with Crippen molar-refractivity contribution < 1.29 is 18.0 Å². The maximum absolute atomic E-state index is 12.8. The number of carbonyl (C=O) groups excluding carboxylic acids is 1. The number of halogens is 3. The van der Waals surface area contributed by atoms with E-state index >= 15 is 0 Å². The average molecular weight is 401 g/mol. The Balaban J connectivity index is 1.75. The van der Waals surface area contributed by atoms with Crippen LogP contribution in [0.1, 0.15) is 16.7 Å². The Hall–Kier alpha value is -3.05. The van der Waals surface area contributed by atoms with Crippen molar-refractivity contribution in [1.82, 2.24) is 4.98 Å². The number of benzene rings is 2. The number of para-hydroxylation sites is 1. The molecule has 0 fully saturated rings. The smallest absolute Gasteiger partial charge is 0.325 e. The Morgan fingerprint density at radius 1 is 1.21 bits per heavy atom. The minimum absolute atomic E-state index is 0.0586. The Morgan fingerprint density at radius 2 is 1.96 bits per heavy atom. The molecule has 0 aliphatic heterocycles. The summed E-state index contributed by atoms with van der Waals surface area (Å²) in [4.78, 5) is 16.6. The molecule has 1 N–H and O–H groups in total. The summed E-state index contributed by atoms with van der Waals surface area (Å²) in [5.74, 6) is -0.574. The van der Waals surface area contributed by atoms with Gasteiger partial charge in [0.15, 0.2) is 0 Å².